The van der Waals surface area contributed by atoms with Gasteiger partial charge in [0.1, 0.15) is 5.82 Å². The Morgan fingerprint density at radius 3 is 2.10 bits per heavy atom. The van der Waals surface area contributed by atoms with Crippen molar-refractivity contribution in [2.24, 2.45) is 11.3 Å². The van der Waals surface area contributed by atoms with Crippen LogP contribution in [0.2, 0.25) is 0 Å². The SMILES string of the molecule is C[C@H](NC1CCC(C(C)(C)C)CC1)c1ccc(F)cc1. The predicted molar refractivity (Wildman–Crippen MR) is 83.2 cm³/mol. The van der Waals surface area contributed by atoms with Gasteiger partial charge in [-0.25, -0.2) is 4.39 Å². The summed E-state index contributed by atoms with van der Waals surface area (Å²) in [4.78, 5) is 0. The van der Waals surface area contributed by atoms with Crippen molar-refractivity contribution in [2.75, 3.05) is 0 Å². The molecule has 1 aliphatic carbocycles. The second-order valence-electron chi connectivity index (χ2n) is 7.35. The van der Waals surface area contributed by atoms with Crippen LogP contribution >= 0.6 is 0 Å². The Bertz CT molecular complexity index is 410. The number of nitrogens with one attached hydrogen (secondary N) is 1. The molecular formula is C18H28FN. The molecule has 1 saturated carbocycles. The van der Waals surface area contributed by atoms with Gasteiger partial charge in [0.25, 0.3) is 0 Å². The standard InChI is InChI=1S/C18H28FN/c1-13(14-5-9-16(19)10-6-14)20-17-11-7-15(8-12-17)18(2,3)4/h5-6,9-10,13,15,17,20H,7-8,11-12H2,1-4H3/t13-,15?,17?/m0/s1. The van der Waals surface area contributed by atoms with Gasteiger partial charge in [0.15, 0.2) is 0 Å². The zero-order chi connectivity index (χ0) is 14.8. The van der Waals surface area contributed by atoms with Crippen LogP contribution in [0.1, 0.15) is 65.0 Å². The number of hydrogen-bond acceptors (Lipinski definition) is 1. The van der Waals surface area contributed by atoms with E-state index >= 15 is 0 Å². The molecule has 0 aromatic heterocycles. The van der Waals surface area contributed by atoms with E-state index in [1.165, 1.54) is 31.2 Å². The van der Waals surface area contributed by atoms with Crippen LogP contribution in [-0.4, -0.2) is 6.04 Å². The average Bonchev–Trinajstić information content (AvgIpc) is 2.39. The Balaban J connectivity index is 1.85. The molecular weight excluding hydrogens is 249 g/mol. The maximum Gasteiger partial charge on any atom is 0.123 e. The summed E-state index contributed by atoms with van der Waals surface area (Å²) < 4.78 is 12.9. The van der Waals surface area contributed by atoms with Crippen molar-refractivity contribution in [1.29, 1.82) is 0 Å². The van der Waals surface area contributed by atoms with Gasteiger partial charge in [-0.1, -0.05) is 32.9 Å². The van der Waals surface area contributed by atoms with E-state index in [9.17, 15) is 4.39 Å². The Morgan fingerprint density at radius 1 is 1.05 bits per heavy atom. The van der Waals surface area contributed by atoms with Gasteiger partial charge in [0.05, 0.1) is 0 Å². The molecule has 0 saturated heterocycles. The summed E-state index contributed by atoms with van der Waals surface area (Å²) in [5.41, 5.74) is 1.61. The minimum atomic E-state index is -0.161. The molecule has 1 N–H and O–H groups in total. The molecule has 0 spiro atoms. The van der Waals surface area contributed by atoms with Crippen molar-refractivity contribution in [3.05, 3.63) is 35.6 Å². The molecule has 112 valence electrons. The quantitative estimate of drug-likeness (QED) is 0.812. The van der Waals surface area contributed by atoms with E-state index in [2.05, 4.69) is 33.0 Å². The van der Waals surface area contributed by atoms with Crippen molar-refractivity contribution in [3.8, 4) is 0 Å². The third-order valence-corrected chi connectivity index (χ3v) is 4.81. The lowest BCUT2D eigenvalue weighted by Gasteiger charge is -2.38. The van der Waals surface area contributed by atoms with E-state index in [-0.39, 0.29) is 5.82 Å². The smallest absolute Gasteiger partial charge is 0.123 e. The Kier molecular flexibility index (Phi) is 4.85. The van der Waals surface area contributed by atoms with Crippen LogP contribution in [0.3, 0.4) is 0 Å². The molecule has 20 heavy (non-hydrogen) atoms. The summed E-state index contributed by atoms with van der Waals surface area (Å²) in [6.45, 7) is 9.23. The molecule has 1 aromatic rings. The summed E-state index contributed by atoms with van der Waals surface area (Å²) >= 11 is 0. The highest BCUT2D eigenvalue weighted by Gasteiger charge is 2.29. The van der Waals surface area contributed by atoms with Crippen LogP contribution in [0.5, 0.6) is 0 Å². The Hall–Kier alpha value is -0.890. The van der Waals surface area contributed by atoms with E-state index in [1.807, 2.05) is 12.1 Å². The monoisotopic (exact) mass is 277 g/mol. The first-order chi connectivity index (χ1) is 9.36. The highest BCUT2D eigenvalue weighted by molar-refractivity contribution is 5.19. The van der Waals surface area contributed by atoms with Crippen molar-refractivity contribution < 1.29 is 4.39 Å². The Morgan fingerprint density at radius 2 is 1.60 bits per heavy atom. The molecule has 1 fully saturated rings. The lowest BCUT2D eigenvalue weighted by molar-refractivity contribution is 0.157. The minimum Gasteiger partial charge on any atom is -0.307 e. The number of rotatable bonds is 3. The van der Waals surface area contributed by atoms with Crippen LogP contribution in [0.4, 0.5) is 4.39 Å². The maximum absolute atomic E-state index is 12.9. The van der Waals surface area contributed by atoms with Gasteiger partial charge < -0.3 is 5.32 Å². The van der Waals surface area contributed by atoms with E-state index in [4.69, 9.17) is 0 Å². The molecule has 0 amide bonds. The molecule has 1 nitrogen and oxygen atoms in total. The van der Waals surface area contributed by atoms with Crippen LogP contribution in [0, 0.1) is 17.2 Å². The first-order valence-electron chi connectivity index (χ1n) is 7.88. The zero-order valence-electron chi connectivity index (χ0n) is 13.2. The summed E-state index contributed by atoms with van der Waals surface area (Å²) in [5, 5.41) is 3.70. The van der Waals surface area contributed by atoms with Gasteiger partial charge in [-0.3, -0.25) is 0 Å². The largest absolute Gasteiger partial charge is 0.307 e. The maximum atomic E-state index is 12.9. The topological polar surface area (TPSA) is 12.0 Å². The van der Waals surface area contributed by atoms with Crippen molar-refractivity contribution in [1.82, 2.24) is 5.32 Å². The molecule has 1 atom stereocenters. The van der Waals surface area contributed by atoms with Gasteiger partial charge in [-0.05, 0) is 61.6 Å². The normalized spacial score (nSPS) is 25.4. The highest BCUT2D eigenvalue weighted by Crippen LogP contribution is 2.38. The molecule has 0 heterocycles. The second kappa shape index (κ2) is 6.26. The fourth-order valence-corrected chi connectivity index (χ4v) is 3.33. The van der Waals surface area contributed by atoms with Crippen LogP contribution in [0.15, 0.2) is 24.3 Å². The van der Waals surface area contributed by atoms with Gasteiger partial charge in [-0.15, -0.1) is 0 Å². The molecule has 0 bridgehead atoms. The summed E-state index contributed by atoms with van der Waals surface area (Å²) in [6.07, 6.45) is 5.15. The Labute approximate surface area is 123 Å². The van der Waals surface area contributed by atoms with Crippen molar-refractivity contribution >= 4 is 0 Å². The summed E-state index contributed by atoms with van der Waals surface area (Å²) in [6, 6.07) is 7.76. The zero-order valence-corrected chi connectivity index (χ0v) is 13.2. The first kappa shape index (κ1) is 15.5. The third kappa shape index (κ3) is 4.05. The lowest BCUT2D eigenvalue weighted by atomic mass is 9.71. The summed E-state index contributed by atoms with van der Waals surface area (Å²) in [5.74, 6) is 0.688. The minimum absolute atomic E-state index is 0.161. The van der Waals surface area contributed by atoms with Gasteiger partial charge in [0.2, 0.25) is 0 Å². The van der Waals surface area contributed by atoms with Gasteiger partial charge >= 0.3 is 0 Å². The second-order valence-corrected chi connectivity index (χ2v) is 7.35. The van der Waals surface area contributed by atoms with E-state index < -0.39 is 0 Å². The molecule has 0 radical (unpaired) electrons. The highest BCUT2D eigenvalue weighted by atomic mass is 19.1. The van der Waals surface area contributed by atoms with Crippen molar-refractivity contribution in [3.63, 3.8) is 0 Å². The van der Waals surface area contributed by atoms with Crippen LogP contribution in [-0.2, 0) is 0 Å². The lowest BCUT2D eigenvalue weighted by Crippen LogP contribution is -2.37. The van der Waals surface area contributed by atoms with E-state index in [0.29, 0.717) is 17.5 Å². The molecule has 2 heteroatoms. The van der Waals surface area contributed by atoms with Crippen LogP contribution < -0.4 is 5.32 Å². The van der Waals surface area contributed by atoms with Gasteiger partial charge in [0, 0.05) is 12.1 Å². The van der Waals surface area contributed by atoms with E-state index in [0.717, 1.165) is 5.92 Å². The molecule has 1 aliphatic rings. The number of hydrogen-bond donors (Lipinski definition) is 1. The molecule has 0 aliphatic heterocycles. The van der Waals surface area contributed by atoms with Crippen LogP contribution in [0.25, 0.3) is 0 Å². The van der Waals surface area contributed by atoms with E-state index in [1.54, 1.807) is 12.1 Å². The summed E-state index contributed by atoms with van der Waals surface area (Å²) in [7, 11) is 0. The number of benzene rings is 1. The average molecular weight is 277 g/mol. The van der Waals surface area contributed by atoms with Crippen molar-refractivity contribution in [2.45, 2.75) is 65.5 Å². The fourth-order valence-electron chi connectivity index (χ4n) is 3.33. The molecule has 2 rings (SSSR count). The third-order valence-electron chi connectivity index (χ3n) is 4.81. The fraction of sp³-hybridized carbons (Fsp3) is 0.667. The first-order valence-corrected chi connectivity index (χ1v) is 7.88. The molecule has 0 unspecified atom stereocenters. The number of halogens is 1. The van der Waals surface area contributed by atoms with Gasteiger partial charge in [-0.2, -0.15) is 0 Å². The molecule has 1 aromatic carbocycles. The predicted octanol–water partition coefficient (Wildman–Crippen LogP) is 5.08.